The Kier molecular flexibility index (Phi) is 8.33. The minimum Gasteiger partial charge on any atom is -0.396 e. The molecule has 0 aliphatic rings. The van der Waals surface area contributed by atoms with E-state index in [0.717, 1.165) is 13.0 Å². The van der Waals surface area contributed by atoms with Gasteiger partial charge in [0.25, 0.3) is 0 Å². The van der Waals surface area contributed by atoms with Gasteiger partial charge in [-0.15, -0.1) is 0 Å². The van der Waals surface area contributed by atoms with Crippen molar-refractivity contribution < 1.29 is 9.90 Å². The second kappa shape index (κ2) is 8.68. The van der Waals surface area contributed by atoms with Gasteiger partial charge in [-0.3, -0.25) is 4.79 Å². The molecule has 0 saturated carbocycles. The molecule has 0 rings (SSSR count). The second-order valence-corrected chi connectivity index (χ2v) is 3.93. The fourth-order valence-corrected chi connectivity index (χ4v) is 1.37. The van der Waals surface area contributed by atoms with E-state index in [-0.39, 0.29) is 12.5 Å². The first-order valence-electron chi connectivity index (χ1n) is 5.74. The average Bonchev–Trinajstić information content (AvgIpc) is 2.26. The molecule has 0 aromatic carbocycles. The largest absolute Gasteiger partial charge is 0.396 e. The number of hydrogen-bond donors (Lipinski definition) is 2. The number of aliphatic hydroxyl groups excluding tert-OH is 1. The molecule has 0 aliphatic heterocycles. The quantitative estimate of drug-likeness (QED) is 0.624. The Morgan fingerprint density at radius 2 is 2.20 bits per heavy atom. The molecule has 0 spiro atoms. The molecule has 0 radical (unpaired) electrons. The molecule has 0 heterocycles. The third-order valence-corrected chi connectivity index (χ3v) is 2.57. The van der Waals surface area contributed by atoms with E-state index in [1.54, 1.807) is 4.90 Å². The highest BCUT2D eigenvalue weighted by atomic mass is 16.3. The summed E-state index contributed by atoms with van der Waals surface area (Å²) in [5, 5.41) is 8.69. The number of amides is 1. The molecule has 1 atom stereocenters. The Labute approximate surface area is 92.4 Å². The number of carbonyl (C=O) groups excluding carboxylic acids is 1. The molecule has 90 valence electrons. The van der Waals surface area contributed by atoms with Gasteiger partial charge in [-0.1, -0.05) is 6.92 Å². The summed E-state index contributed by atoms with van der Waals surface area (Å²) in [6, 6.07) is 0. The van der Waals surface area contributed by atoms with Gasteiger partial charge in [0.15, 0.2) is 0 Å². The zero-order chi connectivity index (χ0) is 11.7. The molecule has 15 heavy (non-hydrogen) atoms. The van der Waals surface area contributed by atoms with Crippen LogP contribution in [0.5, 0.6) is 0 Å². The zero-order valence-electron chi connectivity index (χ0n) is 9.91. The van der Waals surface area contributed by atoms with Crippen molar-refractivity contribution in [2.24, 2.45) is 11.7 Å². The molecular weight excluding hydrogens is 192 g/mol. The number of nitrogens with two attached hydrogens (primary N) is 1. The van der Waals surface area contributed by atoms with Gasteiger partial charge in [0.2, 0.25) is 5.91 Å². The lowest BCUT2D eigenvalue weighted by Gasteiger charge is -2.21. The Hall–Kier alpha value is -0.610. The normalized spacial score (nSPS) is 12.5. The lowest BCUT2D eigenvalue weighted by molar-refractivity contribution is -0.131. The molecular formula is C11H24N2O2. The van der Waals surface area contributed by atoms with Crippen LogP contribution in [-0.4, -0.2) is 42.2 Å². The molecule has 1 unspecified atom stereocenters. The van der Waals surface area contributed by atoms with Crippen LogP contribution in [0.2, 0.25) is 0 Å². The van der Waals surface area contributed by atoms with E-state index in [1.807, 2.05) is 6.92 Å². The highest BCUT2D eigenvalue weighted by Gasteiger charge is 2.11. The molecule has 3 N–H and O–H groups in total. The Morgan fingerprint density at radius 1 is 1.53 bits per heavy atom. The molecule has 0 aromatic heterocycles. The van der Waals surface area contributed by atoms with Gasteiger partial charge in [-0.05, 0) is 32.2 Å². The minimum absolute atomic E-state index is 0.142. The molecule has 4 heteroatoms. The molecule has 1 amide bonds. The van der Waals surface area contributed by atoms with E-state index >= 15 is 0 Å². The summed E-state index contributed by atoms with van der Waals surface area (Å²) < 4.78 is 0. The van der Waals surface area contributed by atoms with Crippen molar-refractivity contribution in [2.75, 3.05) is 26.2 Å². The third kappa shape index (κ3) is 6.47. The van der Waals surface area contributed by atoms with E-state index in [1.165, 1.54) is 0 Å². The summed E-state index contributed by atoms with van der Waals surface area (Å²) in [4.78, 5) is 13.5. The van der Waals surface area contributed by atoms with Crippen molar-refractivity contribution in [3.63, 3.8) is 0 Å². The maximum absolute atomic E-state index is 11.7. The SMILES string of the molecule is CCN(CCCO)C(=O)CCC(C)CN. The van der Waals surface area contributed by atoms with Gasteiger partial charge in [0, 0.05) is 26.1 Å². The van der Waals surface area contributed by atoms with Gasteiger partial charge in [0.05, 0.1) is 0 Å². The summed E-state index contributed by atoms with van der Waals surface area (Å²) in [6.07, 6.45) is 2.08. The predicted octanol–water partition coefficient (Wildman–Crippen LogP) is 0.592. The second-order valence-electron chi connectivity index (χ2n) is 3.93. The van der Waals surface area contributed by atoms with Crippen LogP contribution >= 0.6 is 0 Å². The smallest absolute Gasteiger partial charge is 0.222 e. The van der Waals surface area contributed by atoms with Gasteiger partial charge in [-0.25, -0.2) is 0 Å². The fraction of sp³-hybridized carbons (Fsp3) is 0.909. The first kappa shape index (κ1) is 14.4. The summed E-state index contributed by atoms with van der Waals surface area (Å²) in [5.74, 6) is 0.580. The van der Waals surface area contributed by atoms with Crippen molar-refractivity contribution in [3.05, 3.63) is 0 Å². The Bertz CT molecular complexity index is 174. The first-order chi connectivity index (χ1) is 7.15. The molecule has 4 nitrogen and oxygen atoms in total. The maximum Gasteiger partial charge on any atom is 0.222 e. The fourth-order valence-electron chi connectivity index (χ4n) is 1.37. The molecule has 0 bridgehead atoms. The van der Waals surface area contributed by atoms with Crippen LogP contribution in [0.25, 0.3) is 0 Å². The highest BCUT2D eigenvalue weighted by Crippen LogP contribution is 2.06. The molecule has 0 aliphatic carbocycles. The van der Waals surface area contributed by atoms with Crippen molar-refractivity contribution in [1.82, 2.24) is 4.90 Å². The number of hydrogen-bond acceptors (Lipinski definition) is 3. The van der Waals surface area contributed by atoms with E-state index in [4.69, 9.17) is 10.8 Å². The average molecular weight is 216 g/mol. The topological polar surface area (TPSA) is 66.6 Å². The molecule has 0 fully saturated rings. The van der Waals surface area contributed by atoms with Crippen LogP contribution < -0.4 is 5.73 Å². The van der Waals surface area contributed by atoms with E-state index in [9.17, 15) is 4.79 Å². The number of carbonyl (C=O) groups is 1. The lowest BCUT2D eigenvalue weighted by atomic mass is 10.1. The van der Waals surface area contributed by atoms with Crippen LogP contribution in [0.4, 0.5) is 0 Å². The number of aliphatic hydroxyl groups is 1. The van der Waals surface area contributed by atoms with Crippen LogP contribution in [-0.2, 0) is 4.79 Å². The summed E-state index contributed by atoms with van der Waals surface area (Å²) >= 11 is 0. The van der Waals surface area contributed by atoms with Crippen LogP contribution in [0.15, 0.2) is 0 Å². The van der Waals surface area contributed by atoms with E-state index in [0.29, 0.717) is 31.8 Å². The summed E-state index contributed by atoms with van der Waals surface area (Å²) in [6.45, 7) is 6.16. The minimum atomic E-state index is 0.142. The van der Waals surface area contributed by atoms with Crippen molar-refractivity contribution in [3.8, 4) is 0 Å². The van der Waals surface area contributed by atoms with E-state index < -0.39 is 0 Å². The van der Waals surface area contributed by atoms with Crippen molar-refractivity contribution in [1.29, 1.82) is 0 Å². The predicted molar refractivity (Wildman–Crippen MR) is 61.4 cm³/mol. The lowest BCUT2D eigenvalue weighted by Crippen LogP contribution is -2.32. The van der Waals surface area contributed by atoms with Gasteiger partial charge >= 0.3 is 0 Å². The van der Waals surface area contributed by atoms with Gasteiger partial charge in [-0.2, -0.15) is 0 Å². The monoisotopic (exact) mass is 216 g/mol. The van der Waals surface area contributed by atoms with Gasteiger partial charge in [0.1, 0.15) is 0 Å². The van der Waals surface area contributed by atoms with Crippen molar-refractivity contribution in [2.45, 2.75) is 33.1 Å². The third-order valence-electron chi connectivity index (χ3n) is 2.57. The highest BCUT2D eigenvalue weighted by molar-refractivity contribution is 5.76. The molecule has 0 saturated heterocycles. The van der Waals surface area contributed by atoms with E-state index in [2.05, 4.69) is 6.92 Å². The van der Waals surface area contributed by atoms with Gasteiger partial charge < -0.3 is 15.7 Å². The van der Waals surface area contributed by atoms with Crippen molar-refractivity contribution >= 4 is 5.91 Å². The maximum atomic E-state index is 11.7. The first-order valence-corrected chi connectivity index (χ1v) is 5.74. The Balaban J connectivity index is 3.82. The van der Waals surface area contributed by atoms with Crippen LogP contribution in [0.3, 0.4) is 0 Å². The van der Waals surface area contributed by atoms with Crippen LogP contribution in [0, 0.1) is 5.92 Å². The molecule has 0 aromatic rings. The summed E-state index contributed by atoms with van der Waals surface area (Å²) in [7, 11) is 0. The Morgan fingerprint density at radius 3 is 2.67 bits per heavy atom. The van der Waals surface area contributed by atoms with Crippen LogP contribution in [0.1, 0.15) is 33.1 Å². The number of nitrogens with zero attached hydrogens (tertiary/aromatic N) is 1. The standard InChI is InChI=1S/C11H24N2O2/c1-3-13(7-4-8-14)11(15)6-5-10(2)9-12/h10,14H,3-9,12H2,1-2H3. The summed E-state index contributed by atoms with van der Waals surface area (Å²) in [5.41, 5.74) is 5.49. The number of rotatable bonds is 8. The zero-order valence-corrected chi connectivity index (χ0v) is 9.91.